The van der Waals surface area contributed by atoms with Crippen molar-refractivity contribution in [2.24, 2.45) is 0 Å². The first-order chi connectivity index (χ1) is 10.6. The molecule has 8 nitrogen and oxygen atoms in total. The molecule has 0 radical (unpaired) electrons. The van der Waals surface area contributed by atoms with Gasteiger partial charge in [0.25, 0.3) is 5.91 Å². The SMILES string of the molecule is COCCCNC(=O)NNC(=O)C(C)OCC1CCCCO1. The zero-order chi connectivity index (χ0) is 16.2. The molecule has 0 bridgehead atoms. The average Bonchev–Trinajstić information content (AvgIpc) is 2.55. The van der Waals surface area contributed by atoms with Crippen molar-refractivity contribution in [3.8, 4) is 0 Å². The van der Waals surface area contributed by atoms with Crippen LogP contribution in [0.5, 0.6) is 0 Å². The van der Waals surface area contributed by atoms with Crippen LogP contribution in [0.3, 0.4) is 0 Å². The second kappa shape index (κ2) is 11.2. The molecule has 1 saturated heterocycles. The monoisotopic (exact) mass is 317 g/mol. The summed E-state index contributed by atoms with van der Waals surface area (Å²) in [5, 5.41) is 2.59. The van der Waals surface area contributed by atoms with Crippen molar-refractivity contribution >= 4 is 11.9 Å². The maximum absolute atomic E-state index is 11.8. The molecule has 2 unspecified atom stereocenters. The van der Waals surface area contributed by atoms with Gasteiger partial charge in [-0.25, -0.2) is 10.2 Å². The van der Waals surface area contributed by atoms with Gasteiger partial charge in [0.05, 0.1) is 12.7 Å². The minimum Gasteiger partial charge on any atom is -0.385 e. The van der Waals surface area contributed by atoms with E-state index in [-0.39, 0.29) is 6.10 Å². The molecule has 0 saturated carbocycles. The largest absolute Gasteiger partial charge is 0.385 e. The second-order valence-corrected chi connectivity index (χ2v) is 5.18. The number of ether oxygens (including phenoxy) is 3. The Morgan fingerprint density at radius 1 is 1.32 bits per heavy atom. The Morgan fingerprint density at radius 3 is 2.82 bits per heavy atom. The molecule has 1 rings (SSSR count). The molecule has 3 N–H and O–H groups in total. The van der Waals surface area contributed by atoms with Crippen LogP contribution >= 0.6 is 0 Å². The topological polar surface area (TPSA) is 97.9 Å². The van der Waals surface area contributed by atoms with Gasteiger partial charge in [-0.1, -0.05) is 0 Å². The lowest BCUT2D eigenvalue weighted by Crippen LogP contribution is -2.50. The average molecular weight is 317 g/mol. The maximum atomic E-state index is 11.8. The molecule has 1 fully saturated rings. The Morgan fingerprint density at radius 2 is 2.14 bits per heavy atom. The molecular formula is C14H27N3O5. The first-order valence-electron chi connectivity index (χ1n) is 7.69. The van der Waals surface area contributed by atoms with E-state index < -0.39 is 18.0 Å². The molecule has 2 atom stereocenters. The molecule has 1 heterocycles. The quantitative estimate of drug-likeness (QED) is 0.443. The van der Waals surface area contributed by atoms with E-state index in [0.29, 0.717) is 26.2 Å². The van der Waals surface area contributed by atoms with Crippen LogP contribution in [-0.4, -0.2) is 57.6 Å². The summed E-state index contributed by atoms with van der Waals surface area (Å²) in [4.78, 5) is 23.2. The highest BCUT2D eigenvalue weighted by molar-refractivity contribution is 5.83. The van der Waals surface area contributed by atoms with E-state index in [1.54, 1.807) is 14.0 Å². The van der Waals surface area contributed by atoms with E-state index in [1.807, 2.05) is 0 Å². The van der Waals surface area contributed by atoms with Gasteiger partial charge in [-0.2, -0.15) is 0 Å². The van der Waals surface area contributed by atoms with Crippen LogP contribution in [0, 0.1) is 0 Å². The Hall–Kier alpha value is -1.38. The van der Waals surface area contributed by atoms with Gasteiger partial charge < -0.3 is 19.5 Å². The van der Waals surface area contributed by atoms with Crippen LogP contribution in [0.1, 0.15) is 32.6 Å². The van der Waals surface area contributed by atoms with Crippen molar-refractivity contribution in [2.75, 3.05) is 33.5 Å². The van der Waals surface area contributed by atoms with E-state index in [1.165, 1.54) is 0 Å². The number of hydrogen-bond donors (Lipinski definition) is 3. The third-order valence-electron chi connectivity index (χ3n) is 3.29. The van der Waals surface area contributed by atoms with Gasteiger partial charge in [-0.15, -0.1) is 0 Å². The van der Waals surface area contributed by atoms with Gasteiger partial charge in [0.1, 0.15) is 6.10 Å². The predicted octanol–water partition coefficient (Wildman–Crippen LogP) is 0.328. The van der Waals surface area contributed by atoms with Crippen molar-refractivity contribution in [3.63, 3.8) is 0 Å². The van der Waals surface area contributed by atoms with Gasteiger partial charge >= 0.3 is 6.03 Å². The van der Waals surface area contributed by atoms with E-state index >= 15 is 0 Å². The molecule has 0 aliphatic carbocycles. The molecule has 0 spiro atoms. The highest BCUT2D eigenvalue weighted by Gasteiger charge is 2.19. The molecule has 8 heteroatoms. The predicted molar refractivity (Wildman–Crippen MR) is 80.2 cm³/mol. The van der Waals surface area contributed by atoms with E-state index in [0.717, 1.165) is 25.9 Å². The molecule has 3 amide bonds. The van der Waals surface area contributed by atoms with Crippen LogP contribution in [0.15, 0.2) is 0 Å². The summed E-state index contributed by atoms with van der Waals surface area (Å²) in [5.41, 5.74) is 4.59. The molecule has 128 valence electrons. The zero-order valence-corrected chi connectivity index (χ0v) is 13.4. The van der Waals surface area contributed by atoms with Crippen LogP contribution in [0.4, 0.5) is 4.79 Å². The van der Waals surface area contributed by atoms with Crippen molar-refractivity contribution in [2.45, 2.75) is 44.8 Å². The highest BCUT2D eigenvalue weighted by Crippen LogP contribution is 2.13. The number of methoxy groups -OCH3 is 1. The number of carbonyl (C=O) groups excluding carboxylic acids is 2. The smallest absolute Gasteiger partial charge is 0.333 e. The second-order valence-electron chi connectivity index (χ2n) is 5.18. The van der Waals surface area contributed by atoms with E-state index in [4.69, 9.17) is 14.2 Å². The molecular weight excluding hydrogens is 290 g/mol. The summed E-state index contributed by atoms with van der Waals surface area (Å²) >= 11 is 0. The number of carbonyl (C=O) groups is 2. The standard InChI is InChI=1S/C14H27N3O5/c1-11(22-10-12-6-3-4-9-21-12)13(18)16-17-14(19)15-7-5-8-20-2/h11-12H,3-10H2,1-2H3,(H,16,18)(H2,15,17,19). The van der Waals surface area contributed by atoms with Crippen molar-refractivity contribution in [3.05, 3.63) is 0 Å². The minimum atomic E-state index is -0.653. The van der Waals surface area contributed by atoms with Gasteiger partial charge in [0, 0.05) is 26.9 Å². The van der Waals surface area contributed by atoms with Gasteiger partial charge in [0.15, 0.2) is 0 Å². The van der Waals surface area contributed by atoms with Gasteiger partial charge in [0.2, 0.25) is 0 Å². The number of hydrazine groups is 1. The summed E-state index contributed by atoms with van der Waals surface area (Å²) in [5.74, 6) is -0.400. The Labute approximate surface area is 131 Å². The fourth-order valence-corrected chi connectivity index (χ4v) is 1.95. The van der Waals surface area contributed by atoms with Crippen LogP contribution in [-0.2, 0) is 19.0 Å². The molecule has 0 aromatic carbocycles. The third-order valence-corrected chi connectivity index (χ3v) is 3.29. The van der Waals surface area contributed by atoms with E-state index in [9.17, 15) is 9.59 Å². The summed E-state index contributed by atoms with van der Waals surface area (Å²) in [6.45, 7) is 3.81. The number of nitrogens with one attached hydrogen (secondary N) is 3. The summed E-state index contributed by atoms with van der Waals surface area (Å²) in [7, 11) is 1.60. The summed E-state index contributed by atoms with van der Waals surface area (Å²) < 4.78 is 15.8. The van der Waals surface area contributed by atoms with Crippen LogP contribution < -0.4 is 16.2 Å². The van der Waals surface area contributed by atoms with Crippen molar-refractivity contribution in [1.29, 1.82) is 0 Å². The lowest BCUT2D eigenvalue weighted by atomic mass is 10.1. The highest BCUT2D eigenvalue weighted by atomic mass is 16.5. The number of hydrogen-bond acceptors (Lipinski definition) is 5. The molecule has 0 aromatic heterocycles. The normalized spacial score (nSPS) is 19.3. The van der Waals surface area contributed by atoms with Crippen molar-refractivity contribution < 1.29 is 23.8 Å². The molecule has 0 aromatic rings. The first kappa shape index (κ1) is 18.7. The maximum Gasteiger partial charge on any atom is 0.333 e. The molecule has 22 heavy (non-hydrogen) atoms. The van der Waals surface area contributed by atoms with E-state index in [2.05, 4.69) is 16.2 Å². The van der Waals surface area contributed by atoms with Crippen molar-refractivity contribution in [1.82, 2.24) is 16.2 Å². The first-order valence-corrected chi connectivity index (χ1v) is 7.69. The fraction of sp³-hybridized carbons (Fsp3) is 0.857. The lowest BCUT2D eigenvalue weighted by Gasteiger charge is -2.23. The van der Waals surface area contributed by atoms with Crippen LogP contribution in [0.2, 0.25) is 0 Å². The fourth-order valence-electron chi connectivity index (χ4n) is 1.95. The number of rotatable bonds is 8. The Balaban J connectivity index is 2.08. The van der Waals surface area contributed by atoms with Crippen LogP contribution in [0.25, 0.3) is 0 Å². The molecule has 1 aliphatic rings. The summed E-state index contributed by atoms with van der Waals surface area (Å²) in [6.07, 6.45) is 3.27. The number of urea groups is 1. The van der Waals surface area contributed by atoms with Gasteiger partial charge in [-0.05, 0) is 32.6 Å². The Kier molecular flexibility index (Phi) is 9.52. The van der Waals surface area contributed by atoms with Gasteiger partial charge in [-0.3, -0.25) is 10.2 Å². The lowest BCUT2D eigenvalue weighted by molar-refractivity contribution is -0.136. The Bertz CT molecular complexity index is 334. The molecule has 1 aliphatic heterocycles. The zero-order valence-electron chi connectivity index (χ0n) is 13.4. The summed E-state index contributed by atoms with van der Waals surface area (Å²) in [6, 6.07) is -0.465. The third kappa shape index (κ3) is 8.16. The number of amides is 3. The minimum absolute atomic E-state index is 0.0565.